The van der Waals surface area contributed by atoms with E-state index in [2.05, 4.69) is 38.1 Å². The van der Waals surface area contributed by atoms with Gasteiger partial charge in [0.25, 0.3) is 0 Å². The lowest BCUT2D eigenvalue weighted by Crippen LogP contribution is -2.42. The van der Waals surface area contributed by atoms with Gasteiger partial charge in [-0.25, -0.2) is 0 Å². The Labute approximate surface area is 131 Å². The van der Waals surface area contributed by atoms with Crippen molar-refractivity contribution in [2.75, 3.05) is 0 Å². The van der Waals surface area contributed by atoms with Gasteiger partial charge in [-0.15, -0.1) is 0 Å². The number of aliphatic carboxylic acids is 1. The van der Waals surface area contributed by atoms with E-state index in [1.165, 1.54) is 11.1 Å². The number of rotatable bonds is 4. The fourth-order valence-electron chi connectivity index (χ4n) is 3.38. The molecule has 114 valence electrons. The monoisotopic (exact) mass is 294 g/mol. The fourth-order valence-corrected chi connectivity index (χ4v) is 3.38. The van der Waals surface area contributed by atoms with Crippen molar-refractivity contribution in [1.29, 1.82) is 0 Å². The van der Waals surface area contributed by atoms with Crippen LogP contribution < -0.4 is 0 Å². The van der Waals surface area contributed by atoms with Crippen LogP contribution in [-0.2, 0) is 10.2 Å². The van der Waals surface area contributed by atoms with Gasteiger partial charge in [-0.2, -0.15) is 0 Å². The van der Waals surface area contributed by atoms with E-state index < -0.39 is 11.4 Å². The van der Waals surface area contributed by atoms with Crippen molar-refractivity contribution in [2.24, 2.45) is 0 Å². The maximum atomic E-state index is 11.8. The summed E-state index contributed by atoms with van der Waals surface area (Å²) in [5.74, 6) is -0.276. The molecule has 0 heterocycles. The number of carboxylic acids is 1. The molecule has 1 saturated carbocycles. The van der Waals surface area contributed by atoms with Gasteiger partial charge in [-0.1, -0.05) is 62.7 Å². The van der Waals surface area contributed by atoms with Crippen LogP contribution >= 0.6 is 0 Å². The zero-order valence-corrected chi connectivity index (χ0v) is 13.2. The molecule has 2 aromatic carbocycles. The van der Waals surface area contributed by atoms with E-state index in [9.17, 15) is 9.90 Å². The van der Waals surface area contributed by atoms with Gasteiger partial charge in [0, 0.05) is 0 Å². The second-order valence-corrected chi connectivity index (χ2v) is 6.56. The second kappa shape index (κ2) is 5.60. The fraction of sp³-hybridized carbons (Fsp3) is 0.350. The van der Waals surface area contributed by atoms with Crippen LogP contribution in [0.2, 0.25) is 0 Å². The summed E-state index contributed by atoms with van der Waals surface area (Å²) in [6.07, 6.45) is 2.49. The van der Waals surface area contributed by atoms with Gasteiger partial charge in [-0.05, 0) is 47.1 Å². The Balaban J connectivity index is 2.15. The summed E-state index contributed by atoms with van der Waals surface area (Å²) >= 11 is 0. The number of hydrogen-bond donors (Lipinski definition) is 1. The van der Waals surface area contributed by atoms with E-state index in [1.54, 1.807) is 0 Å². The summed E-state index contributed by atoms with van der Waals surface area (Å²) in [5, 5.41) is 9.68. The van der Waals surface area contributed by atoms with Gasteiger partial charge in [0.15, 0.2) is 0 Å². The number of carbonyl (C=O) groups is 1. The molecule has 1 aliphatic rings. The molecule has 0 atom stereocenters. The smallest absolute Gasteiger partial charge is 0.314 e. The topological polar surface area (TPSA) is 37.3 Å². The first kappa shape index (κ1) is 14.8. The van der Waals surface area contributed by atoms with E-state index in [1.807, 2.05) is 24.3 Å². The summed E-state index contributed by atoms with van der Waals surface area (Å²) < 4.78 is 0. The molecule has 0 unspecified atom stereocenters. The van der Waals surface area contributed by atoms with Gasteiger partial charge in [0.05, 0.1) is 5.41 Å². The molecule has 1 fully saturated rings. The van der Waals surface area contributed by atoms with Gasteiger partial charge >= 0.3 is 5.97 Å². The quantitative estimate of drug-likeness (QED) is 0.863. The molecule has 2 aromatic rings. The second-order valence-electron chi connectivity index (χ2n) is 6.56. The van der Waals surface area contributed by atoms with Crippen LogP contribution in [0, 0.1) is 0 Å². The first-order valence-electron chi connectivity index (χ1n) is 7.98. The first-order valence-corrected chi connectivity index (χ1v) is 7.98. The minimum atomic E-state index is -0.685. The average molecular weight is 294 g/mol. The molecule has 3 rings (SSSR count). The third-order valence-corrected chi connectivity index (χ3v) is 4.93. The van der Waals surface area contributed by atoms with Crippen molar-refractivity contribution in [3.8, 4) is 11.1 Å². The SMILES string of the molecule is CC(C)c1ccc(C2(C(=O)O)CCC2)cc1-c1ccccc1. The standard InChI is InChI=1S/C20H22O2/c1-14(2)17-10-9-16(20(19(21)22)11-6-12-20)13-18(17)15-7-4-3-5-8-15/h3-5,7-10,13-14H,6,11-12H2,1-2H3,(H,21,22). The van der Waals surface area contributed by atoms with Gasteiger partial charge in [0.2, 0.25) is 0 Å². The molecule has 1 aliphatic carbocycles. The molecular formula is C20H22O2. The van der Waals surface area contributed by atoms with Crippen LogP contribution in [-0.4, -0.2) is 11.1 Å². The van der Waals surface area contributed by atoms with Gasteiger partial charge < -0.3 is 5.11 Å². The molecule has 0 bridgehead atoms. The Morgan fingerprint density at radius 2 is 1.77 bits per heavy atom. The molecule has 0 aliphatic heterocycles. The Bertz CT molecular complexity index is 682. The Morgan fingerprint density at radius 1 is 1.09 bits per heavy atom. The predicted octanol–water partition coefficient (Wildman–Crippen LogP) is 4.98. The predicted molar refractivity (Wildman–Crippen MR) is 89.1 cm³/mol. The Hall–Kier alpha value is -2.09. The third-order valence-electron chi connectivity index (χ3n) is 4.93. The maximum absolute atomic E-state index is 11.8. The third kappa shape index (κ3) is 2.33. The maximum Gasteiger partial charge on any atom is 0.314 e. The van der Waals surface area contributed by atoms with Crippen LogP contribution in [0.4, 0.5) is 0 Å². The van der Waals surface area contributed by atoms with Crippen LogP contribution in [0.15, 0.2) is 48.5 Å². The molecular weight excluding hydrogens is 272 g/mol. The van der Waals surface area contributed by atoms with E-state index in [4.69, 9.17) is 0 Å². The highest BCUT2D eigenvalue weighted by atomic mass is 16.4. The van der Waals surface area contributed by atoms with Crippen molar-refractivity contribution in [2.45, 2.75) is 44.4 Å². The lowest BCUT2D eigenvalue weighted by Gasteiger charge is -2.38. The molecule has 0 saturated heterocycles. The van der Waals surface area contributed by atoms with E-state index in [-0.39, 0.29) is 0 Å². The summed E-state index contributed by atoms with van der Waals surface area (Å²) in [4.78, 5) is 11.8. The largest absolute Gasteiger partial charge is 0.481 e. The van der Waals surface area contributed by atoms with Crippen molar-refractivity contribution in [3.05, 3.63) is 59.7 Å². The van der Waals surface area contributed by atoms with Crippen molar-refractivity contribution >= 4 is 5.97 Å². The van der Waals surface area contributed by atoms with Crippen LogP contribution in [0.3, 0.4) is 0 Å². The molecule has 22 heavy (non-hydrogen) atoms. The van der Waals surface area contributed by atoms with Crippen molar-refractivity contribution < 1.29 is 9.90 Å². The Kier molecular flexibility index (Phi) is 3.78. The summed E-state index contributed by atoms with van der Waals surface area (Å²) in [7, 11) is 0. The van der Waals surface area contributed by atoms with Crippen molar-refractivity contribution in [3.63, 3.8) is 0 Å². The zero-order chi connectivity index (χ0) is 15.7. The zero-order valence-electron chi connectivity index (χ0n) is 13.2. The minimum absolute atomic E-state index is 0.409. The average Bonchev–Trinajstić information content (AvgIpc) is 2.46. The van der Waals surface area contributed by atoms with Gasteiger partial charge in [-0.3, -0.25) is 4.79 Å². The lowest BCUT2D eigenvalue weighted by atomic mass is 9.64. The van der Waals surface area contributed by atoms with E-state index in [0.717, 1.165) is 30.4 Å². The van der Waals surface area contributed by atoms with Crippen LogP contribution in [0.1, 0.15) is 50.2 Å². The van der Waals surface area contributed by atoms with Crippen molar-refractivity contribution in [1.82, 2.24) is 0 Å². The molecule has 0 radical (unpaired) electrons. The summed E-state index contributed by atoms with van der Waals surface area (Å²) in [6, 6.07) is 16.5. The molecule has 2 nitrogen and oxygen atoms in total. The molecule has 2 heteroatoms. The van der Waals surface area contributed by atoms with Crippen LogP contribution in [0.5, 0.6) is 0 Å². The normalized spacial score (nSPS) is 16.3. The van der Waals surface area contributed by atoms with Crippen LogP contribution in [0.25, 0.3) is 11.1 Å². The molecule has 0 spiro atoms. The highest BCUT2D eigenvalue weighted by Crippen LogP contribution is 2.45. The first-order chi connectivity index (χ1) is 10.5. The Morgan fingerprint density at radius 3 is 2.27 bits per heavy atom. The molecule has 0 amide bonds. The lowest BCUT2D eigenvalue weighted by molar-refractivity contribution is -0.147. The number of carboxylic acid groups (broad SMARTS) is 1. The molecule has 0 aromatic heterocycles. The summed E-state index contributed by atoms with van der Waals surface area (Å²) in [6.45, 7) is 4.36. The summed E-state index contributed by atoms with van der Waals surface area (Å²) in [5.41, 5.74) is 3.89. The van der Waals surface area contributed by atoms with E-state index >= 15 is 0 Å². The minimum Gasteiger partial charge on any atom is -0.481 e. The highest BCUT2D eigenvalue weighted by molar-refractivity contribution is 5.84. The van der Waals surface area contributed by atoms with E-state index in [0.29, 0.717) is 5.92 Å². The van der Waals surface area contributed by atoms with Gasteiger partial charge in [0.1, 0.15) is 0 Å². The molecule has 1 N–H and O–H groups in total. The number of hydrogen-bond acceptors (Lipinski definition) is 1. The highest BCUT2D eigenvalue weighted by Gasteiger charge is 2.46. The number of benzene rings is 2.